The molecule has 7 atom stereocenters. The molecule has 0 aromatic heterocycles. The molecule has 3 unspecified atom stereocenters. The number of unbranched alkanes of at least 4 members (excludes halogenated alkanes) is 1. The summed E-state index contributed by atoms with van der Waals surface area (Å²) >= 11 is 5.38. The number of thioether (sulfide) groups is 1. The Bertz CT molecular complexity index is 905. The molecule has 9 heteroatoms. The number of ether oxygens (including phenoxy) is 1. The van der Waals surface area contributed by atoms with Crippen LogP contribution in [0, 0.1) is 17.8 Å². The molecule has 37 heavy (non-hydrogen) atoms. The maximum Gasteiger partial charge on any atom is 0.310 e. The average molecular weight is 600 g/mol. The van der Waals surface area contributed by atoms with Crippen LogP contribution < -0.4 is 0 Å². The van der Waals surface area contributed by atoms with E-state index in [1.807, 2.05) is 34.6 Å². The third-order valence-electron chi connectivity index (χ3n) is 7.77. The van der Waals surface area contributed by atoms with E-state index in [4.69, 9.17) is 4.74 Å². The SMILES string of the molecule is C=CCCCOC(=O)[C@H]1[C@@H]2SC3(CC2Br)C(C(=O)N(CC=C)C(C)(C)C)N([C@@H](CO)CC(C)C)C(=O)[C@H]13. The van der Waals surface area contributed by atoms with Crippen molar-refractivity contribution in [1.82, 2.24) is 9.80 Å². The van der Waals surface area contributed by atoms with Gasteiger partial charge < -0.3 is 19.6 Å². The number of allylic oxidation sites excluding steroid dienone is 1. The van der Waals surface area contributed by atoms with Crippen LogP contribution in [0.5, 0.6) is 0 Å². The Balaban J connectivity index is 2.08. The van der Waals surface area contributed by atoms with Gasteiger partial charge in [0, 0.05) is 22.2 Å². The molecule has 3 aliphatic rings. The van der Waals surface area contributed by atoms with E-state index in [9.17, 15) is 19.5 Å². The lowest BCUT2D eigenvalue weighted by molar-refractivity contribution is -0.154. The van der Waals surface area contributed by atoms with Gasteiger partial charge in [-0.15, -0.1) is 24.9 Å². The second-order valence-electron chi connectivity index (χ2n) is 11.9. The number of hydrogen-bond donors (Lipinski definition) is 1. The fourth-order valence-corrected chi connectivity index (χ4v) is 9.88. The smallest absolute Gasteiger partial charge is 0.310 e. The molecule has 7 nitrogen and oxygen atoms in total. The van der Waals surface area contributed by atoms with Crippen LogP contribution in [0.1, 0.15) is 60.3 Å². The van der Waals surface area contributed by atoms with Gasteiger partial charge in [-0.05, 0) is 52.4 Å². The summed E-state index contributed by atoms with van der Waals surface area (Å²) < 4.78 is 4.88. The van der Waals surface area contributed by atoms with Crippen molar-refractivity contribution in [2.24, 2.45) is 17.8 Å². The number of likely N-dealkylation sites (tertiary alicyclic amines) is 1. The Morgan fingerprint density at radius 3 is 2.54 bits per heavy atom. The lowest BCUT2D eigenvalue weighted by Crippen LogP contribution is -2.61. The summed E-state index contributed by atoms with van der Waals surface area (Å²) in [4.78, 5) is 45.5. The first-order valence-corrected chi connectivity index (χ1v) is 15.1. The predicted molar refractivity (Wildman–Crippen MR) is 151 cm³/mol. The van der Waals surface area contributed by atoms with Crippen molar-refractivity contribution in [2.45, 2.75) is 92.7 Å². The summed E-state index contributed by atoms with van der Waals surface area (Å²) in [5, 5.41) is 10.3. The zero-order valence-electron chi connectivity index (χ0n) is 22.8. The van der Waals surface area contributed by atoms with Gasteiger partial charge in [-0.3, -0.25) is 14.4 Å². The molecule has 3 rings (SSSR count). The van der Waals surface area contributed by atoms with E-state index in [-0.39, 0.29) is 47.0 Å². The van der Waals surface area contributed by atoms with E-state index in [1.54, 1.807) is 33.7 Å². The highest BCUT2D eigenvalue weighted by molar-refractivity contribution is 9.09. The number of hydrogen-bond acceptors (Lipinski definition) is 6. The van der Waals surface area contributed by atoms with Crippen LogP contribution in [-0.2, 0) is 19.1 Å². The molecule has 3 heterocycles. The van der Waals surface area contributed by atoms with Crippen LogP contribution in [0.15, 0.2) is 25.3 Å². The van der Waals surface area contributed by atoms with E-state index < -0.39 is 34.2 Å². The van der Waals surface area contributed by atoms with Gasteiger partial charge in [-0.2, -0.15) is 0 Å². The van der Waals surface area contributed by atoms with Gasteiger partial charge >= 0.3 is 5.97 Å². The van der Waals surface area contributed by atoms with Crippen molar-refractivity contribution in [3.63, 3.8) is 0 Å². The van der Waals surface area contributed by atoms with Crippen LogP contribution in [-0.4, -0.2) is 84.9 Å². The first kappa shape index (κ1) is 30.2. The first-order valence-electron chi connectivity index (χ1n) is 13.3. The Hall–Kier alpha value is -1.32. The van der Waals surface area contributed by atoms with Gasteiger partial charge in [0.25, 0.3) is 0 Å². The molecule has 0 aromatic rings. The van der Waals surface area contributed by atoms with Crippen LogP contribution >= 0.6 is 27.7 Å². The number of amides is 2. The van der Waals surface area contributed by atoms with Crippen molar-refractivity contribution >= 4 is 45.5 Å². The summed E-state index contributed by atoms with van der Waals surface area (Å²) in [5.74, 6) is -1.83. The highest BCUT2D eigenvalue weighted by Gasteiger charge is 2.76. The molecule has 0 radical (unpaired) electrons. The van der Waals surface area contributed by atoms with Crippen molar-refractivity contribution in [3.05, 3.63) is 25.3 Å². The van der Waals surface area contributed by atoms with E-state index in [1.165, 1.54) is 0 Å². The van der Waals surface area contributed by atoms with Gasteiger partial charge in [0.1, 0.15) is 6.04 Å². The molecule has 3 saturated heterocycles. The highest BCUT2D eigenvalue weighted by atomic mass is 79.9. The van der Waals surface area contributed by atoms with Crippen LogP contribution in [0.4, 0.5) is 0 Å². The third-order valence-corrected chi connectivity index (χ3v) is 11.0. The summed E-state index contributed by atoms with van der Waals surface area (Å²) in [7, 11) is 0. The largest absolute Gasteiger partial charge is 0.465 e. The second-order valence-corrected chi connectivity index (χ2v) is 14.6. The number of carbonyl (C=O) groups excluding carboxylic acids is 3. The topological polar surface area (TPSA) is 87.2 Å². The minimum absolute atomic E-state index is 0.0253. The third kappa shape index (κ3) is 5.55. The highest BCUT2D eigenvalue weighted by Crippen LogP contribution is 2.68. The number of fused-ring (bicyclic) bond motifs is 1. The van der Waals surface area contributed by atoms with Gasteiger partial charge in [-0.25, -0.2) is 0 Å². The summed E-state index contributed by atoms with van der Waals surface area (Å²) in [5.41, 5.74) is -0.500. The van der Waals surface area contributed by atoms with E-state index in [0.717, 1.165) is 6.42 Å². The van der Waals surface area contributed by atoms with Crippen molar-refractivity contribution in [3.8, 4) is 0 Å². The minimum atomic E-state index is -0.784. The Morgan fingerprint density at radius 1 is 1.32 bits per heavy atom. The molecule has 2 amide bonds. The zero-order valence-corrected chi connectivity index (χ0v) is 25.2. The number of nitrogens with zero attached hydrogens (tertiary/aromatic N) is 2. The Kier molecular flexibility index (Phi) is 9.66. The standard InChI is InChI=1S/C28H43BrN2O5S/c1-8-10-11-13-36-26(35)20-21-24(33)31(18(16-32)14-17(3)4)23(28(21)15-19(29)22(20)37-28)25(34)30(12-9-2)27(5,6)7/h8-9,17-23,32H,1-2,10-16H2,3-7H3/t18-,19?,20-,21+,22-,23?,28?/m1/s1. The fraction of sp³-hybridized carbons (Fsp3) is 0.750. The predicted octanol–water partition coefficient (Wildman–Crippen LogP) is 4.18. The normalized spacial score (nSPS) is 31.4. The molecule has 0 aliphatic carbocycles. The Labute approximate surface area is 234 Å². The van der Waals surface area contributed by atoms with Gasteiger partial charge in [0.15, 0.2) is 0 Å². The van der Waals surface area contributed by atoms with Crippen molar-refractivity contribution in [2.75, 3.05) is 19.8 Å². The number of aliphatic hydroxyl groups is 1. The molecule has 0 saturated carbocycles. The number of rotatable bonds is 12. The maximum absolute atomic E-state index is 14.4. The number of carbonyl (C=O) groups is 3. The van der Waals surface area contributed by atoms with E-state index >= 15 is 0 Å². The molecular formula is C28H43BrN2O5S. The van der Waals surface area contributed by atoms with Crippen molar-refractivity contribution in [1.29, 1.82) is 0 Å². The number of aliphatic hydroxyl groups excluding tert-OH is 1. The lowest BCUT2D eigenvalue weighted by Gasteiger charge is -2.44. The molecule has 208 valence electrons. The Morgan fingerprint density at radius 2 is 2.00 bits per heavy atom. The molecule has 3 aliphatic heterocycles. The van der Waals surface area contributed by atoms with Gasteiger partial charge in [0.2, 0.25) is 11.8 Å². The number of esters is 1. The zero-order chi connectivity index (χ0) is 27.7. The fourth-order valence-electron chi connectivity index (χ4n) is 6.30. The molecule has 1 N–H and O–H groups in total. The van der Waals surface area contributed by atoms with Crippen molar-refractivity contribution < 1.29 is 24.2 Å². The van der Waals surface area contributed by atoms with E-state index in [0.29, 0.717) is 25.8 Å². The van der Waals surface area contributed by atoms with Gasteiger partial charge in [-0.1, -0.05) is 41.9 Å². The monoisotopic (exact) mass is 598 g/mol. The summed E-state index contributed by atoms with van der Waals surface area (Å²) in [6, 6.07) is -1.29. The van der Waals surface area contributed by atoms with E-state index in [2.05, 4.69) is 29.1 Å². The molecule has 1 spiro atoms. The number of halogens is 1. The quantitative estimate of drug-likeness (QED) is 0.157. The van der Waals surface area contributed by atoms with Gasteiger partial charge in [0.05, 0.1) is 35.8 Å². The average Bonchev–Trinajstić information content (AvgIpc) is 3.40. The minimum Gasteiger partial charge on any atom is -0.465 e. The van der Waals surface area contributed by atoms with Crippen LogP contribution in [0.3, 0.4) is 0 Å². The maximum atomic E-state index is 14.4. The lowest BCUT2D eigenvalue weighted by atomic mass is 9.71. The molecule has 3 fully saturated rings. The molecular weight excluding hydrogens is 556 g/mol. The molecule has 0 aromatic carbocycles. The summed E-state index contributed by atoms with van der Waals surface area (Å²) in [6.45, 7) is 17.9. The second kappa shape index (κ2) is 11.8. The van der Waals surface area contributed by atoms with Crippen LogP contribution in [0.2, 0.25) is 0 Å². The molecule has 2 bridgehead atoms. The number of alkyl halides is 1. The summed E-state index contributed by atoms with van der Waals surface area (Å²) in [6.07, 6.45) is 6.07. The van der Waals surface area contributed by atoms with Crippen LogP contribution in [0.25, 0.3) is 0 Å². The first-order chi connectivity index (χ1) is 17.3.